The lowest BCUT2D eigenvalue weighted by Crippen LogP contribution is -2.23. The summed E-state index contributed by atoms with van der Waals surface area (Å²) in [5, 5.41) is 3.31. The van der Waals surface area contributed by atoms with Gasteiger partial charge < -0.3 is 10.1 Å². The zero-order valence-corrected chi connectivity index (χ0v) is 11.6. The minimum Gasteiger partial charge on any atom is -0.496 e. The molecule has 2 rings (SSSR count). The van der Waals surface area contributed by atoms with Gasteiger partial charge in [0.05, 0.1) is 12.7 Å². The number of benzene rings is 2. The lowest BCUT2D eigenvalue weighted by molar-refractivity contribution is 0.0948. The molecule has 2 aromatic carbocycles. The third-order valence-corrected chi connectivity index (χ3v) is 3.17. The van der Waals surface area contributed by atoms with Crippen molar-refractivity contribution in [2.45, 2.75) is 6.54 Å². The molecule has 0 fully saturated rings. The second-order valence-corrected chi connectivity index (χ2v) is 4.53. The van der Waals surface area contributed by atoms with E-state index in [0.717, 1.165) is 5.56 Å². The lowest BCUT2D eigenvalue weighted by atomic mass is 10.1. The van der Waals surface area contributed by atoms with Crippen molar-refractivity contribution in [2.24, 2.45) is 0 Å². The van der Waals surface area contributed by atoms with Gasteiger partial charge in [-0.15, -0.1) is 0 Å². The number of halogens is 2. The van der Waals surface area contributed by atoms with Crippen molar-refractivity contribution in [1.82, 2.24) is 5.32 Å². The maximum atomic E-state index is 13.1. The normalized spacial score (nSPS) is 10.2. The van der Waals surface area contributed by atoms with E-state index < -0.39 is 5.82 Å². The number of carbonyl (C=O) groups excluding carboxylic acids is 1. The van der Waals surface area contributed by atoms with E-state index in [9.17, 15) is 9.18 Å². The Morgan fingerprint density at radius 3 is 2.75 bits per heavy atom. The molecule has 0 saturated heterocycles. The van der Waals surface area contributed by atoms with Gasteiger partial charge in [-0.05, 0) is 23.8 Å². The van der Waals surface area contributed by atoms with Crippen LogP contribution in [-0.2, 0) is 6.54 Å². The fourth-order valence-corrected chi connectivity index (χ4v) is 1.97. The average Bonchev–Trinajstić information content (AvgIpc) is 2.46. The Morgan fingerprint density at radius 1 is 1.30 bits per heavy atom. The summed E-state index contributed by atoms with van der Waals surface area (Å²) >= 11 is 6.01. The van der Waals surface area contributed by atoms with Crippen molar-refractivity contribution in [3.63, 3.8) is 0 Å². The second kappa shape index (κ2) is 6.39. The first-order valence-corrected chi connectivity index (χ1v) is 6.34. The first-order chi connectivity index (χ1) is 9.61. The second-order valence-electron chi connectivity index (χ2n) is 4.12. The van der Waals surface area contributed by atoms with Gasteiger partial charge in [-0.1, -0.05) is 29.8 Å². The maximum absolute atomic E-state index is 13.1. The van der Waals surface area contributed by atoms with Crippen molar-refractivity contribution >= 4 is 17.5 Å². The Bertz CT molecular complexity index is 631. The molecule has 2 aromatic rings. The van der Waals surface area contributed by atoms with Crippen molar-refractivity contribution in [2.75, 3.05) is 7.11 Å². The first-order valence-electron chi connectivity index (χ1n) is 5.97. The van der Waals surface area contributed by atoms with Gasteiger partial charge in [-0.3, -0.25) is 4.79 Å². The van der Waals surface area contributed by atoms with Crippen LogP contribution in [0.2, 0.25) is 5.02 Å². The Kier molecular flexibility index (Phi) is 4.58. The first kappa shape index (κ1) is 14.3. The molecule has 0 saturated carbocycles. The van der Waals surface area contributed by atoms with Crippen LogP contribution >= 0.6 is 11.6 Å². The van der Waals surface area contributed by atoms with Crippen LogP contribution in [0.1, 0.15) is 15.9 Å². The molecule has 0 aliphatic rings. The quantitative estimate of drug-likeness (QED) is 0.938. The summed E-state index contributed by atoms with van der Waals surface area (Å²) in [6, 6.07) is 11.0. The number of amides is 1. The third kappa shape index (κ3) is 3.27. The number of nitrogens with one attached hydrogen (secondary N) is 1. The molecule has 0 spiro atoms. The van der Waals surface area contributed by atoms with E-state index in [1.807, 2.05) is 18.2 Å². The van der Waals surface area contributed by atoms with Crippen LogP contribution in [0.15, 0.2) is 42.5 Å². The van der Waals surface area contributed by atoms with Crippen LogP contribution in [0.25, 0.3) is 0 Å². The molecule has 1 N–H and O–H groups in total. The highest BCUT2D eigenvalue weighted by molar-refractivity contribution is 6.31. The molecule has 20 heavy (non-hydrogen) atoms. The number of carbonyl (C=O) groups is 1. The van der Waals surface area contributed by atoms with Crippen LogP contribution < -0.4 is 10.1 Å². The average molecular weight is 294 g/mol. The van der Waals surface area contributed by atoms with Gasteiger partial charge in [0, 0.05) is 17.6 Å². The molecule has 5 heteroatoms. The van der Waals surface area contributed by atoms with Crippen molar-refractivity contribution < 1.29 is 13.9 Å². The van der Waals surface area contributed by atoms with Crippen molar-refractivity contribution in [1.29, 1.82) is 0 Å². The Labute approximate surface area is 121 Å². The standard InChI is InChI=1S/C15H13ClFNO2/c1-20-14-8-11(17)6-7-12(14)15(19)18-9-10-4-2-3-5-13(10)16/h2-8H,9H2,1H3,(H,18,19). The molecule has 0 aromatic heterocycles. The molecular formula is C15H13ClFNO2. The van der Waals surface area contributed by atoms with E-state index in [1.54, 1.807) is 6.07 Å². The van der Waals surface area contributed by atoms with E-state index in [-0.39, 0.29) is 17.2 Å². The minimum atomic E-state index is -0.454. The highest BCUT2D eigenvalue weighted by Gasteiger charge is 2.13. The molecule has 0 atom stereocenters. The fourth-order valence-electron chi connectivity index (χ4n) is 1.77. The van der Waals surface area contributed by atoms with Crippen molar-refractivity contribution in [3.05, 3.63) is 64.4 Å². The number of hydrogen-bond donors (Lipinski definition) is 1. The summed E-state index contributed by atoms with van der Waals surface area (Å²) in [5.41, 5.74) is 1.09. The predicted octanol–water partition coefficient (Wildman–Crippen LogP) is 3.42. The van der Waals surface area contributed by atoms with Gasteiger partial charge in [0.25, 0.3) is 5.91 Å². The fraction of sp³-hybridized carbons (Fsp3) is 0.133. The maximum Gasteiger partial charge on any atom is 0.255 e. The summed E-state index contributed by atoms with van der Waals surface area (Å²) in [6.45, 7) is 0.291. The highest BCUT2D eigenvalue weighted by atomic mass is 35.5. The number of ether oxygens (including phenoxy) is 1. The van der Waals surface area contributed by atoms with Gasteiger partial charge >= 0.3 is 0 Å². The number of hydrogen-bond acceptors (Lipinski definition) is 2. The van der Waals surface area contributed by atoms with Gasteiger partial charge in [0.1, 0.15) is 11.6 Å². The highest BCUT2D eigenvalue weighted by Crippen LogP contribution is 2.20. The Balaban J connectivity index is 2.11. The molecule has 104 valence electrons. The van der Waals surface area contributed by atoms with Crippen LogP contribution in [0, 0.1) is 5.82 Å². The SMILES string of the molecule is COc1cc(F)ccc1C(=O)NCc1ccccc1Cl. The Morgan fingerprint density at radius 2 is 2.05 bits per heavy atom. The molecule has 1 amide bonds. The van der Waals surface area contributed by atoms with Gasteiger partial charge in [0.15, 0.2) is 0 Å². The smallest absolute Gasteiger partial charge is 0.255 e. The van der Waals surface area contributed by atoms with E-state index >= 15 is 0 Å². The predicted molar refractivity (Wildman–Crippen MR) is 75.6 cm³/mol. The molecule has 0 bridgehead atoms. The summed E-state index contributed by atoms with van der Waals surface area (Å²) < 4.78 is 18.1. The molecule has 0 unspecified atom stereocenters. The van der Waals surface area contributed by atoms with E-state index in [0.29, 0.717) is 11.6 Å². The monoisotopic (exact) mass is 293 g/mol. The molecular weight excluding hydrogens is 281 g/mol. The summed E-state index contributed by atoms with van der Waals surface area (Å²) in [7, 11) is 1.39. The number of methoxy groups -OCH3 is 1. The lowest BCUT2D eigenvalue weighted by Gasteiger charge is -2.10. The Hall–Kier alpha value is -2.07. The van der Waals surface area contributed by atoms with Gasteiger partial charge in [-0.25, -0.2) is 4.39 Å². The zero-order chi connectivity index (χ0) is 14.5. The van der Waals surface area contributed by atoms with Crippen molar-refractivity contribution in [3.8, 4) is 5.75 Å². The van der Waals surface area contributed by atoms with Gasteiger partial charge in [0.2, 0.25) is 0 Å². The largest absolute Gasteiger partial charge is 0.496 e. The number of rotatable bonds is 4. The molecule has 0 aliphatic carbocycles. The summed E-state index contributed by atoms with van der Waals surface area (Å²) in [4.78, 5) is 12.1. The molecule has 3 nitrogen and oxygen atoms in total. The van der Waals surface area contributed by atoms with E-state index in [2.05, 4.69) is 5.32 Å². The molecule has 0 heterocycles. The topological polar surface area (TPSA) is 38.3 Å². The van der Waals surface area contributed by atoms with Crippen LogP contribution in [0.5, 0.6) is 5.75 Å². The summed E-state index contributed by atoms with van der Waals surface area (Å²) in [5.74, 6) is -0.604. The van der Waals surface area contributed by atoms with Crippen LogP contribution in [-0.4, -0.2) is 13.0 Å². The zero-order valence-electron chi connectivity index (χ0n) is 10.8. The van der Waals surface area contributed by atoms with Crippen LogP contribution in [0.3, 0.4) is 0 Å². The third-order valence-electron chi connectivity index (χ3n) is 2.81. The molecule has 0 radical (unpaired) electrons. The van der Waals surface area contributed by atoms with Gasteiger partial charge in [-0.2, -0.15) is 0 Å². The van der Waals surface area contributed by atoms with E-state index in [4.69, 9.17) is 16.3 Å². The molecule has 0 aliphatic heterocycles. The summed E-state index contributed by atoms with van der Waals surface area (Å²) in [6.07, 6.45) is 0. The minimum absolute atomic E-state index is 0.196. The van der Waals surface area contributed by atoms with Crippen LogP contribution in [0.4, 0.5) is 4.39 Å². The van der Waals surface area contributed by atoms with E-state index in [1.165, 1.54) is 25.3 Å².